The smallest absolute Gasteiger partial charge is 0.326 e. The van der Waals surface area contributed by atoms with Crippen LogP contribution in [0.25, 0.3) is 0 Å². The zero-order valence-corrected chi connectivity index (χ0v) is 14.3. The van der Waals surface area contributed by atoms with E-state index in [1.54, 1.807) is 6.08 Å². The molecule has 25 heavy (non-hydrogen) atoms. The molecular formula is C21H23NO3. The van der Waals surface area contributed by atoms with Crippen molar-refractivity contribution in [1.82, 2.24) is 5.32 Å². The maximum Gasteiger partial charge on any atom is 0.326 e. The van der Waals surface area contributed by atoms with Crippen LogP contribution < -0.4 is 5.32 Å². The highest BCUT2D eigenvalue weighted by atomic mass is 16.4. The van der Waals surface area contributed by atoms with Crippen molar-refractivity contribution >= 4 is 11.9 Å². The Morgan fingerprint density at radius 2 is 1.56 bits per heavy atom. The number of hydrogen-bond donors (Lipinski definition) is 2. The molecule has 1 atom stereocenters. The Bertz CT molecular complexity index is 686. The summed E-state index contributed by atoms with van der Waals surface area (Å²) in [5, 5.41) is 12.1. The summed E-state index contributed by atoms with van der Waals surface area (Å²) in [6, 6.07) is 17.8. The second-order valence-corrected chi connectivity index (χ2v) is 6.09. The standard InChI is InChI=1S/C21H23NO3/c1-3-4-15-18(19(23)24)22-20(25)21(2,16-11-7-5-8-12-16)17-13-9-6-10-14-17/h3,5-14,18H,1,4,15H2,2H3,(H,22,25)(H,23,24)/t18-/m0/s1. The number of benzene rings is 2. The lowest BCUT2D eigenvalue weighted by Crippen LogP contribution is -2.50. The topological polar surface area (TPSA) is 66.4 Å². The highest BCUT2D eigenvalue weighted by Gasteiger charge is 2.38. The Balaban J connectivity index is 2.40. The molecule has 0 bridgehead atoms. The molecule has 1 amide bonds. The second kappa shape index (κ2) is 8.29. The van der Waals surface area contributed by atoms with E-state index in [0.717, 1.165) is 11.1 Å². The minimum atomic E-state index is -1.04. The zero-order valence-electron chi connectivity index (χ0n) is 14.3. The van der Waals surface area contributed by atoms with Crippen LogP contribution in [0.3, 0.4) is 0 Å². The van der Waals surface area contributed by atoms with Gasteiger partial charge in [-0.3, -0.25) is 4.79 Å². The van der Waals surface area contributed by atoms with Crippen molar-refractivity contribution in [2.45, 2.75) is 31.2 Å². The molecule has 0 saturated heterocycles. The largest absolute Gasteiger partial charge is 0.480 e. The van der Waals surface area contributed by atoms with E-state index < -0.39 is 17.4 Å². The zero-order chi connectivity index (χ0) is 18.3. The quantitative estimate of drug-likeness (QED) is 0.724. The molecule has 0 spiro atoms. The van der Waals surface area contributed by atoms with Crippen LogP contribution in [0, 0.1) is 0 Å². The summed E-state index contributed by atoms with van der Waals surface area (Å²) in [7, 11) is 0. The van der Waals surface area contributed by atoms with Crippen molar-refractivity contribution in [3.05, 3.63) is 84.4 Å². The highest BCUT2D eigenvalue weighted by molar-refractivity contribution is 5.94. The number of rotatable bonds is 8. The van der Waals surface area contributed by atoms with Gasteiger partial charge in [0.05, 0.1) is 5.41 Å². The molecule has 2 aromatic rings. The summed E-state index contributed by atoms with van der Waals surface area (Å²) in [5.74, 6) is -1.37. The van der Waals surface area contributed by atoms with Crippen LogP contribution in [0.2, 0.25) is 0 Å². The number of carbonyl (C=O) groups excluding carboxylic acids is 1. The Kier molecular flexibility index (Phi) is 6.12. The summed E-state index contributed by atoms with van der Waals surface area (Å²) >= 11 is 0. The number of carbonyl (C=O) groups is 2. The van der Waals surface area contributed by atoms with Crippen molar-refractivity contribution in [1.29, 1.82) is 0 Å². The van der Waals surface area contributed by atoms with E-state index in [4.69, 9.17) is 0 Å². The van der Waals surface area contributed by atoms with E-state index in [1.165, 1.54) is 0 Å². The summed E-state index contributed by atoms with van der Waals surface area (Å²) < 4.78 is 0. The Hall–Kier alpha value is -2.88. The van der Waals surface area contributed by atoms with Crippen molar-refractivity contribution in [3.63, 3.8) is 0 Å². The molecule has 0 aliphatic carbocycles. The van der Waals surface area contributed by atoms with Gasteiger partial charge in [-0.1, -0.05) is 66.7 Å². The molecule has 4 heteroatoms. The maximum absolute atomic E-state index is 13.1. The molecule has 0 aromatic heterocycles. The van der Waals surface area contributed by atoms with Crippen LogP contribution in [-0.4, -0.2) is 23.0 Å². The van der Waals surface area contributed by atoms with Crippen molar-refractivity contribution in [2.75, 3.05) is 0 Å². The fraction of sp³-hybridized carbons (Fsp3) is 0.238. The molecule has 0 aliphatic rings. The number of nitrogens with one attached hydrogen (secondary N) is 1. The van der Waals surface area contributed by atoms with Crippen LogP contribution in [0.1, 0.15) is 30.9 Å². The first kappa shape index (κ1) is 18.5. The number of carboxylic acid groups (broad SMARTS) is 1. The van der Waals surface area contributed by atoms with E-state index in [0.29, 0.717) is 12.8 Å². The van der Waals surface area contributed by atoms with E-state index in [1.807, 2.05) is 67.6 Å². The Morgan fingerprint density at radius 3 is 1.96 bits per heavy atom. The maximum atomic E-state index is 13.1. The van der Waals surface area contributed by atoms with Gasteiger partial charge in [0.25, 0.3) is 0 Å². The summed E-state index contributed by atoms with van der Waals surface area (Å²) in [5.41, 5.74) is 0.642. The van der Waals surface area contributed by atoms with E-state index in [9.17, 15) is 14.7 Å². The number of carboxylic acids is 1. The minimum Gasteiger partial charge on any atom is -0.480 e. The predicted molar refractivity (Wildman–Crippen MR) is 98.3 cm³/mol. The normalized spacial score (nSPS) is 12.2. The molecule has 0 heterocycles. The van der Waals surface area contributed by atoms with E-state index in [-0.39, 0.29) is 5.91 Å². The number of aliphatic carboxylic acids is 1. The molecular weight excluding hydrogens is 314 g/mol. The van der Waals surface area contributed by atoms with Gasteiger partial charge in [-0.2, -0.15) is 0 Å². The molecule has 2 rings (SSSR count). The molecule has 0 saturated carbocycles. The third-order valence-corrected chi connectivity index (χ3v) is 4.42. The summed E-state index contributed by atoms with van der Waals surface area (Å²) in [6.07, 6.45) is 2.48. The molecule has 2 N–H and O–H groups in total. The summed E-state index contributed by atoms with van der Waals surface area (Å²) in [4.78, 5) is 24.6. The van der Waals surface area contributed by atoms with Crippen molar-refractivity contribution in [2.24, 2.45) is 0 Å². The lowest BCUT2D eigenvalue weighted by Gasteiger charge is -2.31. The van der Waals surface area contributed by atoms with Crippen LogP contribution >= 0.6 is 0 Å². The van der Waals surface area contributed by atoms with Crippen molar-refractivity contribution < 1.29 is 14.7 Å². The third-order valence-electron chi connectivity index (χ3n) is 4.42. The average Bonchev–Trinajstić information content (AvgIpc) is 2.65. The number of hydrogen-bond acceptors (Lipinski definition) is 2. The van der Waals surface area contributed by atoms with Gasteiger partial charge in [0.15, 0.2) is 0 Å². The second-order valence-electron chi connectivity index (χ2n) is 6.09. The van der Waals surface area contributed by atoms with E-state index in [2.05, 4.69) is 11.9 Å². The SMILES string of the molecule is C=CCC[C@H](NC(=O)C(C)(c1ccccc1)c1ccccc1)C(=O)O. The third kappa shape index (κ3) is 4.15. The summed E-state index contributed by atoms with van der Waals surface area (Å²) in [6.45, 7) is 5.43. The van der Waals surface area contributed by atoms with Gasteiger partial charge >= 0.3 is 5.97 Å². The lowest BCUT2D eigenvalue weighted by atomic mass is 9.75. The fourth-order valence-electron chi connectivity index (χ4n) is 2.82. The Labute approximate surface area is 148 Å². The molecule has 4 nitrogen and oxygen atoms in total. The monoisotopic (exact) mass is 337 g/mol. The van der Waals surface area contributed by atoms with Gasteiger partial charge in [0.2, 0.25) is 5.91 Å². The molecule has 0 fully saturated rings. The lowest BCUT2D eigenvalue weighted by molar-refractivity contribution is -0.142. The van der Waals surface area contributed by atoms with Crippen LogP contribution in [0.4, 0.5) is 0 Å². The first-order valence-electron chi connectivity index (χ1n) is 8.26. The molecule has 2 aromatic carbocycles. The first-order chi connectivity index (χ1) is 12.0. The van der Waals surface area contributed by atoms with Gasteiger partial charge in [-0.15, -0.1) is 6.58 Å². The minimum absolute atomic E-state index is 0.310. The molecule has 0 unspecified atom stereocenters. The first-order valence-corrected chi connectivity index (χ1v) is 8.26. The van der Waals surface area contributed by atoms with Crippen molar-refractivity contribution in [3.8, 4) is 0 Å². The van der Waals surface area contributed by atoms with Gasteiger partial charge in [0.1, 0.15) is 6.04 Å². The molecule has 0 aliphatic heterocycles. The average molecular weight is 337 g/mol. The van der Waals surface area contributed by atoms with Gasteiger partial charge < -0.3 is 10.4 Å². The number of amides is 1. The van der Waals surface area contributed by atoms with Crippen LogP contribution in [-0.2, 0) is 15.0 Å². The van der Waals surface area contributed by atoms with Crippen LogP contribution in [0.15, 0.2) is 73.3 Å². The van der Waals surface area contributed by atoms with Gasteiger partial charge in [-0.25, -0.2) is 4.79 Å². The fourth-order valence-corrected chi connectivity index (χ4v) is 2.82. The van der Waals surface area contributed by atoms with Gasteiger partial charge in [0, 0.05) is 0 Å². The van der Waals surface area contributed by atoms with Gasteiger partial charge in [-0.05, 0) is 30.9 Å². The highest BCUT2D eigenvalue weighted by Crippen LogP contribution is 2.32. The molecule has 0 radical (unpaired) electrons. The Morgan fingerprint density at radius 1 is 1.08 bits per heavy atom. The number of allylic oxidation sites excluding steroid dienone is 1. The molecule has 130 valence electrons. The van der Waals surface area contributed by atoms with Crippen LogP contribution in [0.5, 0.6) is 0 Å². The predicted octanol–water partition coefficient (Wildman–Crippen LogP) is 3.53. The van der Waals surface area contributed by atoms with E-state index >= 15 is 0 Å².